The average molecular weight is 384 g/mol. The van der Waals surface area contributed by atoms with Gasteiger partial charge < -0.3 is 10.1 Å². The van der Waals surface area contributed by atoms with E-state index >= 15 is 0 Å². The molecule has 3 aromatic rings. The Labute approximate surface area is 149 Å². The molecule has 0 amide bonds. The minimum absolute atomic E-state index is 0.151. The maximum atomic E-state index is 5.97. The zero-order valence-corrected chi connectivity index (χ0v) is 14.7. The van der Waals surface area contributed by atoms with Crippen LogP contribution in [0.2, 0.25) is 0 Å². The largest absolute Gasteiger partial charge is 0.373 e. The van der Waals surface area contributed by atoms with Gasteiger partial charge in [0.15, 0.2) is 0 Å². The summed E-state index contributed by atoms with van der Waals surface area (Å²) in [5.41, 5.74) is 2.19. The topological polar surface area (TPSA) is 47.0 Å². The molecular formula is C19H18BrN3O. The number of nitrogens with one attached hydrogen (secondary N) is 1. The molecule has 0 bridgehead atoms. The second-order valence-electron chi connectivity index (χ2n) is 6.02. The van der Waals surface area contributed by atoms with Crippen LogP contribution in [0.25, 0.3) is 10.9 Å². The molecule has 2 aromatic carbocycles. The van der Waals surface area contributed by atoms with E-state index in [1.807, 2.05) is 18.2 Å². The quantitative estimate of drug-likeness (QED) is 0.715. The number of hydrogen-bond donors (Lipinski definition) is 1. The van der Waals surface area contributed by atoms with E-state index < -0.39 is 0 Å². The molecule has 1 N–H and O–H groups in total. The molecule has 1 aliphatic rings. The summed E-state index contributed by atoms with van der Waals surface area (Å²) in [5, 5.41) is 4.53. The highest BCUT2D eigenvalue weighted by Gasteiger charge is 2.29. The Kier molecular flexibility index (Phi) is 4.45. The second kappa shape index (κ2) is 6.87. The van der Waals surface area contributed by atoms with Crippen molar-refractivity contribution in [3.63, 3.8) is 0 Å². The van der Waals surface area contributed by atoms with Crippen LogP contribution in [0.15, 0.2) is 59.3 Å². The summed E-state index contributed by atoms with van der Waals surface area (Å²) in [5.74, 6) is 1.31. The third-order valence-electron chi connectivity index (χ3n) is 4.47. The Bertz CT molecular complexity index is 840. The first-order valence-electron chi connectivity index (χ1n) is 8.12. The third kappa shape index (κ3) is 3.14. The number of fused-ring (bicyclic) bond motifs is 1. The number of rotatable bonds is 4. The molecule has 4 rings (SSSR count). The highest BCUT2D eigenvalue weighted by Crippen LogP contribution is 2.34. The highest BCUT2D eigenvalue weighted by atomic mass is 79.9. The van der Waals surface area contributed by atoms with Crippen molar-refractivity contribution < 1.29 is 4.74 Å². The molecule has 1 fully saturated rings. The zero-order valence-electron chi connectivity index (χ0n) is 13.2. The molecule has 2 heterocycles. The van der Waals surface area contributed by atoms with Gasteiger partial charge in [-0.25, -0.2) is 9.97 Å². The second-order valence-corrected chi connectivity index (χ2v) is 6.93. The van der Waals surface area contributed by atoms with Crippen molar-refractivity contribution in [1.29, 1.82) is 0 Å². The zero-order chi connectivity index (χ0) is 16.4. The van der Waals surface area contributed by atoms with Crippen LogP contribution in [0.5, 0.6) is 0 Å². The van der Waals surface area contributed by atoms with Crippen LogP contribution >= 0.6 is 15.9 Å². The fourth-order valence-electron chi connectivity index (χ4n) is 3.25. The first-order chi connectivity index (χ1) is 11.8. The Morgan fingerprint density at radius 3 is 2.88 bits per heavy atom. The average Bonchev–Trinajstić information content (AvgIpc) is 3.09. The van der Waals surface area contributed by atoms with Crippen LogP contribution in [0.4, 0.5) is 5.82 Å². The molecule has 0 saturated carbocycles. The maximum absolute atomic E-state index is 5.97. The SMILES string of the molecule is Brc1ccc2ncnc(NCC3CCOC3c3ccccc3)c2c1. The molecule has 1 aromatic heterocycles. The van der Waals surface area contributed by atoms with E-state index in [4.69, 9.17) is 4.74 Å². The number of hydrogen-bond acceptors (Lipinski definition) is 4. The van der Waals surface area contributed by atoms with Gasteiger partial charge in [-0.1, -0.05) is 46.3 Å². The first kappa shape index (κ1) is 15.5. The predicted molar refractivity (Wildman–Crippen MR) is 99.0 cm³/mol. The molecule has 1 aliphatic heterocycles. The molecule has 0 aliphatic carbocycles. The normalized spacial score (nSPS) is 20.4. The minimum atomic E-state index is 0.151. The van der Waals surface area contributed by atoms with E-state index in [1.165, 1.54) is 5.56 Å². The number of ether oxygens (including phenoxy) is 1. The van der Waals surface area contributed by atoms with Crippen molar-refractivity contribution in [2.45, 2.75) is 12.5 Å². The smallest absolute Gasteiger partial charge is 0.137 e. The van der Waals surface area contributed by atoms with Crippen LogP contribution in [0.1, 0.15) is 18.1 Å². The van der Waals surface area contributed by atoms with Crippen LogP contribution in [0, 0.1) is 5.92 Å². The highest BCUT2D eigenvalue weighted by molar-refractivity contribution is 9.10. The van der Waals surface area contributed by atoms with Gasteiger partial charge in [0.05, 0.1) is 11.6 Å². The van der Waals surface area contributed by atoms with Gasteiger partial charge in [0, 0.05) is 28.9 Å². The van der Waals surface area contributed by atoms with Gasteiger partial charge in [-0.2, -0.15) is 0 Å². The summed E-state index contributed by atoms with van der Waals surface area (Å²) in [6.07, 6.45) is 2.82. The van der Waals surface area contributed by atoms with Gasteiger partial charge in [-0.3, -0.25) is 0 Å². The van der Waals surface area contributed by atoms with Crippen LogP contribution in [-0.2, 0) is 4.74 Å². The lowest BCUT2D eigenvalue weighted by molar-refractivity contribution is 0.0933. The van der Waals surface area contributed by atoms with Gasteiger partial charge in [0.2, 0.25) is 0 Å². The summed E-state index contributed by atoms with van der Waals surface area (Å²) in [7, 11) is 0. The van der Waals surface area contributed by atoms with Crippen molar-refractivity contribution in [1.82, 2.24) is 9.97 Å². The van der Waals surface area contributed by atoms with Gasteiger partial charge in [-0.15, -0.1) is 0 Å². The lowest BCUT2D eigenvalue weighted by Crippen LogP contribution is -2.18. The molecule has 0 radical (unpaired) electrons. The van der Waals surface area contributed by atoms with Crippen molar-refractivity contribution in [2.24, 2.45) is 5.92 Å². The Hall–Kier alpha value is -1.98. The molecular weight excluding hydrogens is 366 g/mol. The number of benzene rings is 2. The summed E-state index contributed by atoms with van der Waals surface area (Å²) < 4.78 is 6.99. The number of aromatic nitrogens is 2. The molecule has 5 heteroatoms. The van der Waals surface area contributed by atoms with E-state index in [1.54, 1.807) is 6.33 Å². The van der Waals surface area contributed by atoms with Crippen LogP contribution in [0.3, 0.4) is 0 Å². The number of nitrogens with zero attached hydrogens (tertiary/aromatic N) is 2. The van der Waals surface area contributed by atoms with Crippen LogP contribution in [-0.4, -0.2) is 23.1 Å². The molecule has 4 nitrogen and oxygen atoms in total. The van der Waals surface area contributed by atoms with Crippen molar-refractivity contribution in [3.05, 3.63) is 64.9 Å². The maximum Gasteiger partial charge on any atom is 0.137 e. The lowest BCUT2D eigenvalue weighted by Gasteiger charge is -2.20. The predicted octanol–water partition coefficient (Wildman–Crippen LogP) is 4.58. The summed E-state index contributed by atoms with van der Waals surface area (Å²) in [4.78, 5) is 8.75. The van der Waals surface area contributed by atoms with Gasteiger partial charge in [0.25, 0.3) is 0 Å². The van der Waals surface area contributed by atoms with Crippen molar-refractivity contribution >= 4 is 32.7 Å². The molecule has 1 saturated heterocycles. The van der Waals surface area contributed by atoms with E-state index in [9.17, 15) is 0 Å². The minimum Gasteiger partial charge on any atom is -0.373 e. The van der Waals surface area contributed by atoms with Gasteiger partial charge in [-0.05, 0) is 30.2 Å². The molecule has 24 heavy (non-hydrogen) atoms. The molecule has 0 spiro atoms. The fraction of sp³-hybridized carbons (Fsp3) is 0.263. The van der Waals surface area contributed by atoms with Crippen LogP contribution < -0.4 is 5.32 Å². The fourth-order valence-corrected chi connectivity index (χ4v) is 3.61. The van der Waals surface area contributed by atoms with E-state index in [0.29, 0.717) is 5.92 Å². The number of anilines is 1. The van der Waals surface area contributed by atoms with Crippen molar-refractivity contribution in [3.8, 4) is 0 Å². The molecule has 2 atom stereocenters. The Morgan fingerprint density at radius 1 is 1.12 bits per heavy atom. The van der Waals surface area contributed by atoms with Gasteiger partial charge in [0.1, 0.15) is 12.1 Å². The van der Waals surface area contributed by atoms with Gasteiger partial charge >= 0.3 is 0 Å². The summed E-state index contributed by atoms with van der Waals surface area (Å²) in [6.45, 7) is 1.64. The molecule has 122 valence electrons. The number of halogens is 1. The summed E-state index contributed by atoms with van der Waals surface area (Å²) in [6, 6.07) is 16.5. The third-order valence-corrected chi connectivity index (χ3v) is 4.96. The molecule has 2 unspecified atom stereocenters. The van der Waals surface area contributed by atoms with Crippen molar-refractivity contribution in [2.75, 3.05) is 18.5 Å². The first-order valence-corrected chi connectivity index (χ1v) is 8.91. The standard InChI is InChI=1S/C19H18BrN3O/c20-15-6-7-17-16(10-15)19(23-12-22-17)21-11-14-8-9-24-18(14)13-4-2-1-3-5-13/h1-7,10,12,14,18H,8-9,11H2,(H,21,22,23). The Morgan fingerprint density at radius 2 is 2.00 bits per heavy atom. The lowest BCUT2D eigenvalue weighted by atomic mass is 9.95. The van der Waals surface area contributed by atoms with E-state index in [2.05, 4.69) is 61.5 Å². The van der Waals surface area contributed by atoms with E-state index in [-0.39, 0.29) is 6.10 Å². The van der Waals surface area contributed by atoms with E-state index in [0.717, 1.165) is 40.8 Å². The summed E-state index contributed by atoms with van der Waals surface area (Å²) >= 11 is 3.52. The monoisotopic (exact) mass is 383 g/mol. The Balaban J connectivity index is 1.53.